The van der Waals surface area contributed by atoms with Crippen molar-refractivity contribution in [3.63, 3.8) is 0 Å². The van der Waals surface area contributed by atoms with E-state index in [1.807, 2.05) is 19.9 Å². The molecule has 0 saturated carbocycles. The van der Waals surface area contributed by atoms with Gasteiger partial charge < -0.3 is 10.6 Å². The van der Waals surface area contributed by atoms with Crippen LogP contribution in [0.25, 0.3) is 0 Å². The lowest BCUT2D eigenvalue weighted by Gasteiger charge is -2.33. The van der Waals surface area contributed by atoms with Crippen LogP contribution in [0.1, 0.15) is 25.8 Å². The summed E-state index contributed by atoms with van der Waals surface area (Å²) in [6.07, 6.45) is 0.367. The van der Waals surface area contributed by atoms with E-state index in [-0.39, 0.29) is 22.6 Å². The van der Waals surface area contributed by atoms with E-state index >= 15 is 0 Å². The molecule has 22 heavy (non-hydrogen) atoms. The second kappa shape index (κ2) is 5.60. The fourth-order valence-corrected chi connectivity index (χ4v) is 2.45. The molecule has 0 aromatic heterocycles. The van der Waals surface area contributed by atoms with Crippen molar-refractivity contribution in [3.8, 4) is 18.2 Å². The van der Waals surface area contributed by atoms with Gasteiger partial charge in [-0.15, -0.1) is 0 Å². The summed E-state index contributed by atoms with van der Waals surface area (Å²) >= 11 is 0. The lowest BCUT2D eigenvalue weighted by molar-refractivity contribution is -0.117. The quantitative estimate of drug-likeness (QED) is 0.813. The van der Waals surface area contributed by atoms with Gasteiger partial charge in [-0.1, -0.05) is 26.0 Å². The number of rotatable bonds is 2. The predicted octanol–water partition coefficient (Wildman–Crippen LogP) is 2.54. The maximum Gasteiger partial charge on any atom is 0.225 e. The molecule has 1 heterocycles. The topological polar surface area (TPSA) is 112 Å². The monoisotopic (exact) mass is 291 g/mol. The van der Waals surface area contributed by atoms with E-state index in [1.54, 1.807) is 30.3 Å². The van der Waals surface area contributed by atoms with Crippen LogP contribution in [0.5, 0.6) is 0 Å². The fourth-order valence-electron chi connectivity index (χ4n) is 2.45. The molecule has 0 fully saturated rings. The number of hydrogen-bond acceptors (Lipinski definition) is 5. The molecule has 0 atom stereocenters. The molecule has 2 rings (SSSR count). The lowest BCUT2D eigenvalue weighted by atomic mass is 9.77. The average molecular weight is 291 g/mol. The molecule has 6 nitrogen and oxygen atoms in total. The highest BCUT2D eigenvalue weighted by molar-refractivity contribution is 5.99. The number of carbonyl (C=O) groups excluding carboxylic acids is 1. The number of benzene rings is 1. The molecular weight excluding hydrogens is 278 g/mol. The van der Waals surface area contributed by atoms with Gasteiger partial charge in [-0.2, -0.15) is 15.8 Å². The van der Waals surface area contributed by atoms with Crippen LogP contribution in [0.2, 0.25) is 0 Å². The Morgan fingerprint density at radius 1 is 1.23 bits per heavy atom. The molecule has 0 spiro atoms. The van der Waals surface area contributed by atoms with E-state index in [0.717, 1.165) is 5.56 Å². The molecule has 0 aliphatic carbocycles. The minimum atomic E-state index is -0.334. The fraction of sp³-hybridized carbons (Fsp3) is 0.250. The van der Waals surface area contributed by atoms with Gasteiger partial charge in [0.15, 0.2) is 5.57 Å². The summed E-state index contributed by atoms with van der Waals surface area (Å²) in [6, 6.07) is 10.5. The Morgan fingerprint density at radius 3 is 2.50 bits per heavy atom. The molecule has 6 heteroatoms. The standard InChI is InChI=1S/C16H13N5O/c1-16(2)6-14(22)21-15-11(16)4-3-5-12(15)20-13(9-19)10(7-17)8-18/h3-5,20H,6H2,1-2H3,(H,21,22). The van der Waals surface area contributed by atoms with Gasteiger partial charge in [-0.3, -0.25) is 4.79 Å². The molecule has 1 aliphatic rings. The summed E-state index contributed by atoms with van der Waals surface area (Å²) in [5, 5.41) is 32.4. The smallest absolute Gasteiger partial charge is 0.225 e. The van der Waals surface area contributed by atoms with Crippen LogP contribution >= 0.6 is 0 Å². The minimum absolute atomic E-state index is 0.116. The van der Waals surface area contributed by atoms with Crippen molar-refractivity contribution < 1.29 is 4.79 Å². The van der Waals surface area contributed by atoms with Gasteiger partial charge in [0, 0.05) is 11.8 Å². The molecule has 0 saturated heterocycles. The minimum Gasteiger partial charge on any atom is -0.343 e. The number of nitrogens with one attached hydrogen (secondary N) is 2. The van der Waals surface area contributed by atoms with Crippen molar-refractivity contribution >= 4 is 17.3 Å². The van der Waals surface area contributed by atoms with Gasteiger partial charge in [0.2, 0.25) is 5.91 Å². The highest BCUT2D eigenvalue weighted by atomic mass is 16.1. The first kappa shape index (κ1) is 15.1. The van der Waals surface area contributed by atoms with Gasteiger partial charge >= 0.3 is 0 Å². The molecule has 0 radical (unpaired) electrons. The summed E-state index contributed by atoms with van der Waals surface area (Å²) in [4.78, 5) is 11.9. The Hall–Kier alpha value is -3.30. The maximum absolute atomic E-state index is 11.9. The number of nitrogens with zero attached hydrogens (tertiary/aromatic N) is 3. The summed E-state index contributed by atoms with van der Waals surface area (Å²) in [5.74, 6) is -0.116. The van der Waals surface area contributed by atoms with Crippen molar-refractivity contribution in [2.75, 3.05) is 10.6 Å². The maximum atomic E-state index is 11.9. The molecule has 1 aromatic rings. The third-order valence-corrected chi connectivity index (χ3v) is 3.51. The van der Waals surface area contributed by atoms with Crippen molar-refractivity contribution in [2.24, 2.45) is 0 Å². The predicted molar refractivity (Wildman–Crippen MR) is 80.2 cm³/mol. The van der Waals surface area contributed by atoms with E-state index in [1.165, 1.54) is 0 Å². The number of anilines is 2. The third-order valence-electron chi connectivity index (χ3n) is 3.51. The first-order chi connectivity index (χ1) is 10.4. The Kier molecular flexibility index (Phi) is 3.84. The van der Waals surface area contributed by atoms with Crippen LogP contribution < -0.4 is 10.6 Å². The molecule has 0 bridgehead atoms. The number of amides is 1. The second-order valence-corrected chi connectivity index (χ2v) is 5.55. The molecule has 2 N–H and O–H groups in total. The van der Waals surface area contributed by atoms with E-state index in [4.69, 9.17) is 15.8 Å². The van der Waals surface area contributed by atoms with Crippen LogP contribution in [0.3, 0.4) is 0 Å². The highest BCUT2D eigenvalue weighted by Crippen LogP contribution is 2.41. The SMILES string of the molecule is CC1(C)CC(=O)Nc2c(NC(C#N)=C(C#N)C#N)cccc21. The number of carbonyl (C=O) groups is 1. The molecular formula is C16H13N5O. The summed E-state index contributed by atoms with van der Waals surface area (Å²) in [6.45, 7) is 3.93. The van der Waals surface area contributed by atoms with Crippen molar-refractivity contribution in [3.05, 3.63) is 35.0 Å². The summed E-state index contributed by atoms with van der Waals surface area (Å²) in [7, 11) is 0. The number of para-hydroxylation sites is 1. The number of fused-ring (bicyclic) bond motifs is 1. The van der Waals surface area contributed by atoms with Gasteiger partial charge in [0.05, 0.1) is 11.4 Å². The number of allylic oxidation sites excluding steroid dienone is 2. The highest BCUT2D eigenvalue weighted by Gasteiger charge is 2.33. The van der Waals surface area contributed by atoms with Crippen LogP contribution in [0.15, 0.2) is 29.5 Å². The Labute approximate surface area is 128 Å². The normalized spacial score (nSPS) is 14.4. The van der Waals surface area contributed by atoms with Crippen LogP contribution in [0.4, 0.5) is 11.4 Å². The number of hydrogen-bond donors (Lipinski definition) is 2. The zero-order valence-electron chi connectivity index (χ0n) is 12.2. The Bertz CT molecular complexity index is 783. The van der Waals surface area contributed by atoms with E-state index in [2.05, 4.69) is 10.6 Å². The van der Waals surface area contributed by atoms with Crippen LogP contribution in [-0.4, -0.2) is 5.91 Å². The van der Waals surface area contributed by atoms with Gasteiger partial charge in [0.1, 0.15) is 23.9 Å². The molecule has 1 aromatic carbocycles. The van der Waals surface area contributed by atoms with E-state index in [0.29, 0.717) is 17.8 Å². The Balaban J connectivity index is 2.55. The van der Waals surface area contributed by atoms with Crippen molar-refractivity contribution in [1.29, 1.82) is 15.8 Å². The zero-order chi connectivity index (χ0) is 16.3. The van der Waals surface area contributed by atoms with Crippen molar-refractivity contribution in [2.45, 2.75) is 25.7 Å². The molecule has 1 aliphatic heterocycles. The van der Waals surface area contributed by atoms with E-state index in [9.17, 15) is 4.79 Å². The lowest BCUT2D eigenvalue weighted by Crippen LogP contribution is -2.33. The van der Waals surface area contributed by atoms with Crippen molar-refractivity contribution in [1.82, 2.24) is 0 Å². The third kappa shape index (κ3) is 2.61. The van der Waals surface area contributed by atoms with Crippen LogP contribution in [0, 0.1) is 34.0 Å². The number of nitriles is 3. The first-order valence-electron chi connectivity index (χ1n) is 6.58. The Morgan fingerprint density at radius 2 is 1.91 bits per heavy atom. The summed E-state index contributed by atoms with van der Waals surface area (Å²) in [5.41, 5.74) is 1.21. The largest absolute Gasteiger partial charge is 0.343 e. The van der Waals surface area contributed by atoms with Gasteiger partial charge in [-0.05, 0) is 11.6 Å². The van der Waals surface area contributed by atoms with E-state index < -0.39 is 0 Å². The van der Waals surface area contributed by atoms with Crippen LogP contribution in [-0.2, 0) is 10.2 Å². The molecule has 108 valence electrons. The molecule has 1 amide bonds. The average Bonchev–Trinajstić information content (AvgIpc) is 2.47. The zero-order valence-corrected chi connectivity index (χ0v) is 12.2. The summed E-state index contributed by atoms with van der Waals surface area (Å²) < 4.78 is 0. The first-order valence-corrected chi connectivity index (χ1v) is 6.58. The van der Waals surface area contributed by atoms with Gasteiger partial charge in [0.25, 0.3) is 0 Å². The van der Waals surface area contributed by atoms with Gasteiger partial charge in [-0.25, -0.2) is 0 Å². The second-order valence-electron chi connectivity index (χ2n) is 5.55. The molecule has 0 unspecified atom stereocenters.